The first-order valence-electron chi connectivity index (χ1n) is 15.5. The van der Waals surface area contributed by atoms with Crippen LogP contribution in [-0.2, 0) is 14.6 Å². The van der Waals surface area contributed by atoms with E-state index in [2.05, 4.69) is 30.5 Å². The fraction of sp³-hybridized carbons (Fsp3) is 0.265. The molecule has 0 saturated heterocycles. The van der Waals surface area contributed by atoms with Crippen LogP contribution in [0.25, 0.3) is 55.8 Å². The number of halogens is 1. The Bertz CT molecular complexity index is 2240. The molecule has 4 heterocycles. The molecule has 1 saturated carbocycles. The second kappa shape index (κ2) is 12.3. The summed E-state index contributed by atoms with van der Waals surface area (Å²) in [4.78, 5) is 29.7. The van der Waals surface area contributed by atoms with Gasteiger partial charge in [0.15, 0.2) is 15.7 Å². The molecule has 1 aliphatic rings. The number of imidazole rings is 1. The lowest BCUT2D eigenvalue weighted by atomic mass is 9.87. The number of carbonyl (C=O) groups is 1. The van der Waals surface area contributed by atoms with Crippen molar-refractivity contribution < 1.29 is 17.6 Å². The molecule has 6 aromatic rings. The number of nitrogens with zero attached hydrogens (tertiary/aromatic N) is 4. The summed E-state index contributed by atoms with van der Waals surface area (Å²) < 4.78 is 38.8. The monoisotopic (exact) mass is 652 g/mol. The molecular formula is C34H33FN8O3S. The average molecular weight is 653 g/mol. The van der Waals surface area contributed by atoms with Gasteiger partial charge in [-0.05, 0) is 72.4 Å². The van der Waals surface area contributed by atoms with Gasteiger partial charge in [-0.15, -0.1) is 0 Å². The molecular weight excluding hydrogens is 619 g/mol. The number of nitrogens with two attached hydrogens (primary N) is 1. The number of anilines is 1. The van der Waals surface area contributed by atoms with Gasteiger partial charge in [-0.25, -0.2) is 17.8 Å². The smallest absolute Gasteiger partial charge is 0.224 e. The Kier molecular flexibility index (Phi) is 8.02. The zero-order chi connectivity index (χ0) is 32.7. The van der Waals surface area contributed by atoms with Crippen LogP contribution in [-0.4, -0.2) is 50.7 Å². The van der Waals surface area contributed by atoms with Gasteiger partial charge >= 0.3 is 0 Å². The Morgan fingerprint density at radius 1 is 1.00 bits per heavy atom. The van der Waals surface area contributed by atoms with E-state index >= 15 is 0 Å². The Morgan fingerprint density at radius 2 is 1.83 bits per heavy atom. The molecule has 2 aromatic carbocycles. The van der Waals surface area contributed by atoms with E-state index in [9.17, 15) is 17.6 Å². The summed E-state index contributed by atoms with van der Waals surface area (Å²) in [7, 11) is -3.66. The molecule has 0 radical (unpaired) electrons. The van der Waals surface area contributed by atoms with Crippen molar-refractivity contribution in [2.24, 2.45) is 11.7 Å². The lowest BCUT2D eigenvalue weighted by Crippen LogP contribution is -2.20. The van der Waals surface area contributed by atoms with E-state index in [1.54, 1.807) is 24.7 Å². The van der Waals surface area contributed by atoms with Gasteiger partial charge in [-0.2, -0.15) is 5.10 Å². The molecule has 0 spiro atoms. The number of amides is 1. The number of H-pyrrole nitrogens is 2. The van der Waals surface area contributed by atoms with E-state index in [-0.39, 0.29) is 11.5 Å². The Hall–Kier alpha value is -5.01. The van der Waals surface area contributed by atoms with Crippen LogP contribution in [0.3, 0.4) is 0 Å². The Balaban J connectivity index is 1.20. The van der Waals surface area contributed by atoms with Crippen LogP contribution in [0.2, 0.25) is 0 Å². The number of fused-ring (bicyclic) bond motifs is 2. The summed E-state index contributed by atoms with van der Waals surface area (Å²) in [5.74, 6) is 0.273. The third kappa shape index (κ3) is 6.36. The molecule has 1 amide bonds. The zero-order valence-corrected chi connectivity index (χ0v) is 26.4. The minimum atomic E-state index is -3.66. The molecule has 1 unspecified atom stereocenters. The normalized spacial score (nSPS) is 14.9. The summed E-state index contributed by atoms with van der Waals surface area (Å²) in [5, 5.41) is 10.0. The molecule has 1 fully saturated rings. The molecule has 1 atom stereocenters. The molecule has 4 aromatic heterocycles. The Labute approximate surface area is 270 Å². The summed E-state index contributed by atoms with van der Waals surface area (Å²) in [6, 6.07) is 13.4. The molecule has 47 heavy (non-hydrogen) atoms. The van der Waals surface area contributed by atoms with Gasteiger partial charge in [0.1, 0.15) is 22.4 Å². The first-order chi connectivity index (χ1) is 22.6. The molecule has 5 N–H and O–H groups in total. The maximum Gasteiger partial charge on any atom is 0.224 e. The van der Waals surface area contributed by atoms with Crippen LogP contribution in [0, 0.1) is 11.7 Å². The molecule has 1 aliphatic carbocycles. The van der Waals surface area contributed by atoms with Gasteiger partial charge in [0.05, 0.1) is 28.6 Å². The highest BCUT2D eigenvalue weighted by atomic mass is 32.2. The first kappa shape index (κ1) is 30.6. The number of hydrogen-bond donors (Lipinski definition) is 4. The van der Waals surface area contributed by atoms with E-state index in [0.29, 0.717) is 51.8 Å². The van der Waals surface area contributed by atoms with Crippen molar-refractivity contribution in [3.8, 4) is 33.9 Å². The Morgan fingerprint density at radius 3 is 2.64 bits per heavy atom. The van der Waals surface area contributed by atoms with Crippen LogP contribution in [0.1, 0.15) is 49.5 Å². The third-order valence-electron chi connectivity index (χ3n) is 8.73. The van der Waals surface area contributed by atoms with E-state index in [1.807, 2.05) is 24.3 Å². The number of nitrogens with one attached hydrogen (secondary N) is 3. The molecule has 7 rings (SSSR count). The standard InChI is InChI=1S/C34H33FN8O3S/c1-47(45,46)33(36)22-12-21(13-24(35)14-22)30-32-28(9-10-38-30)40-34(41-32)31-26-16-20(7-8-27(26)42-43-31)23-15-25(18-37-17-23)39-29(44)11-19-5-3-2-4-6-19/h7-10,12-19,33H,2-6,11,36H2,1H3,(H,39,44)(H,40,41)(H,42,43). The highest BCUT2D eigenvalue weighted by Gasteiger charge is 2.22. The number of carbonyl (C=O) groups excluding carboxylic acids is 1. The maximum absolute atomic E-state index is 14.7. The van der Waals surface area contributed by atoms with Crippen molar-refractivity contribution in [1.29, 1.82) is 0 Å². The first-order valence-corrected chi connectivity index (χ1v) is 17.4. The van der Waals surface area contributed by atoms with Gasteiger partial charge in [-0.1, -0.05) is 25.3 Å². The predicted molar refractivity (Wildman–Crippen MR) is 179 cm³/mol. The summed E-state index contributed by atoms with van der Waals surface area (Å²) in [6.45, 7) is 0. The minimum Gasteiger partial charge on any atom is -0.336 e. The van der Waals surface area contributed by atoms with Crippen molar-refractivity contribution in [3.63, 3.8) is 0 Å². The number of pyridine rings is 2. The second-order valence-electron chi connectivity index (χ2n) is 12.2. The molecule has 13 heteroatoms. The van der Waals surface area contributed by atoms with Gasteiger partial charge in [-0.3, -0.25) is 19.9 Å². The lowest BCUT2D eigenvalue weighted by molar-refractivity contribution is -0.117. The number of hydrogen-bond acceptors (Lipinski definition) is 8. The topological polar surface area (TPSA) is 172 Å². The number of aromatic amines is 2. The SMILES string of the molecule is CS(=O)(=O)C(N)c1cc(F)cc(-c2nccc3[nH]c(-c4n[nH]c5ccc(-c6cncc(NC(=O)CC7CCCCC7)c6)cc45)nc23)c1. The van der Waals surface area contributed by atoms with Crippen LogP contribution < -0.4 is 11.1 Å². The summed E-state index contributed by atoms with van der Waals surface area (Å²) >= 11 is 0. The van der Waals surface area contributed by atoms with Crippen molar-refractivity contribution in [2.45, 2.75) is 43.9 Å². The van der Waals surface area contributed by atoms with Gasteiger partial charge in [0, 0.05) is 41.6 Å². The maximum atomic E-state index is 14.7. The highest BCUT2D eigenvalue weighted by molar-refractivity contribution is 7.90. The number of benzene rings is 2. The van der Waals surface area contributed by atoms with Crippen LogP contribution >= 0.6 is 0 Å². The van der Waals surface area contributed by atoms with Crippen molar-refractivity contribution in [1.82, 2.24) is 30.1 Å². The molecule has 11 nitrogen and oxygen atoms in total. The van der Waals surface area contributed by atoms with Crippen LogP contribution in [0.15, 0.2) is 67.1 Å². The van der Waals surface area contributed by atoms with Gasteiger partial charge in [0.25, 0.3) is 0 Å². The van der Waals surface area contributed by atoms with E-state index < -0.39 is 21.0 Å². The minimum absolute atomic E-state index is 0.00914. The van der Waals surface area contributed by atoms with Gasteiger partial charge in [0.2, 0.25) is 5.91 Å². The van der Waals surface area contributed by atoms with E-state index in [1.165, 1.54) is 31.4 Å². The quantitative estimate of drug-likeness (QED) is 0.149. The number of rotatable bonds is 8. The largest absolute Gasteiger partial charge is 0.336 e. The molecule has 0 aliphatic heterocycles. The highest BCUT2D eigenvalue weighted by Crippen LogP contribution is 2.34. The van der Waals surface area contributed by atoms with Crippen molar-refractivity contribution in [3.05, 3.63) is 78.5 Å². The van der Waals surface area contributed by atoms with Crippen LogP contribution in [0.5, 0.6) is 0 Å². The summed E-state index contributed by atoms with van der Waals surface area (Å²) in [5.41, 5.74) is 11.5. The fourth-order valence-electron chi connectivity index (χ4n) is 6.32. The second-order valence-corrected chi connectivity index (χ2v) is 14.4. The average Bonchev–Trinajstić information content (AvgIpc) is 3.68. The van der Waals surface area contributed by atoms with Crippen molar-refractivity contribution >= 4 is 43.4 Å². The summed E-state index contributed by atoms with van der Waals surface area (Å²) in [6.07, 6.45) is 12.3. The zero-order valence-electron chi connectivity index (χ0n) is 25.6. The third-order valence-corrected chi connectivity index (χ3v) is 9.92. The fourth-order valence-corrected chi connectivity index (χ4v) is 6.96. The predicted octanol–water partition coefficient (Wildman–Crippen LogP) is 6.28. The van der Waals surface area contributed by atoms with Gasteiger partial charge < -0.3 is 16.0 Å². The van der Waals surface area contributed by atoms with Crippen molar-refractivity contribution in [2.75, 3.05) is 11.6 Å². The van der Waals surface area contributed by atoms with E-state index in [4.69, 9.17) is 10.7 Å². The number of aromatic nitrogens is 6. The lowest BCUT2D eigenvalue weighted by Gasteiger charge is -2.20. The van der Waals surface area contributed by atoms with Crippen LogP contribution in [0.4, 0.5) is 10.1 Å². The molecule has 0 bridgehead atoms. The van der Waals surface area contributed by atoms with E-state index in [0.717, 1.165) is 47.2 Å². The molecule has 240 valence electrons. The number of sulfone groups is 1.